The lowest BCUT2D eigenvalue weighted by Crippen LogP contribution is -2.56. The third-order valence-electron chi connectivity index (χ3n) is 22.2. The maximum Gasteiger partial charge on any atom is 0.314 e. The minimum atomic E-state index is -2.73. The van der Waals surface area contributed by atoms with Gasteiger partial charge in [-0.1, -0.05) is 41.0 Å². The van der Waals surface area contributed by atoms with Gasteiger partial charge < -0.3 is 87.7 Å². The number of carbonyl (C=O) groups is 21. The third-order valence-corrected chi connectivity index (χ3v) is 23.6. The number of carbonyl (C=O) groups excluding carboxylic acids is 21. The zero-order valence-corrected chi connectivity index (χ0v) is 68.8. The maximum atomic E-state index is 15.7. The highest BCUT2D eigenvalue weighted by Gasteiger charge is 2.52. The molecular weight excluding hydrogens is 1610 g/mol. The van der Waals surface area contributed by atoms with Crippen LogP contribution in [0.3, 0.4) is 0 Å². The molecule has 6 heterocycles. The molecule has 1 aromatic heterocycles. The fraction of sp³-hybridized carbons (Fsp3) is 0.588. The van der Waals surface area contributed by atoms with E-state index in [4.69, 9.17) is 19.9 Å². The molecule has 41 heteroatoms. The second kappa shape index (κ2) is 43.4. The smallest absolute Gasteiger partial charge is 0.314 e. The molecule has 8 unspecified atom stereocenters. The number of aliphatic hydroxyl groups excluding tert-OH is 3. The summed E-state index contributed by atoms with van der Waals surface area (Å²) in [6.07, 6.45) is -6.74. The lowest BCUT2D eigenvalue weighted by molar-refractivity contribution is -0.152. The van der Waals surface area contributed by atoms with E-state index in [0.717, 1.165) is 41.3 Å². The average molecular weight is 1710 g/mol. The maximum absolute atomic E-state index is 15.7. The number of fused-ring (bicyclic) bond motifs is 6. The summed E-state index contributed by atoms with van der Waals surface area (Å²) < 4.78 is 33.0. The van der Waals surface area contributed by atoms with Crippen LogP contribution in [0.4, 0.5) is 5.69 Å². The normalized spacial score (nSPS) is 29.1. The third kappa shape index (κ3) is 25.0. The van der Waals surface area contributed by atoms with Crippen LogP contribution in [0, 0.1) is 47.3 Å². The van der Waals surface area contributed by atoms with Crippen LogP contribution in [-0.2, 0) is 127 Å². The van der Waals surface area contributed by atoms with E-state index in [9.17, 15) is 102 Å². The molecular formula is C80H104N12O28S. The number of H-pyrrole nitrogens is 1. The highest BCUT2D eigenvalue weighted by molar-refractivity contribution is 7.85. The van der Waals surface area contributed by atoms with Crippen LogP contribution >= 0.6 is 0 Å². The zero-order chi connectivity index (χ0) is 89.1. The summed E-state index contributed by atoms with van der Waals surface area (Å²) >= 11 is 0. The van der Waals surface area contributed by atoms with E-state index in [1.165, 1.54) is 34.6 Å². The molecule has 121 heavy (non-hydrogen) atoms. The van der Waals surface area contributed by atoms with Crippen molar-refractivity contribution in [3.63, 3.8) is 0 Å². The number of allylic oxidation sites excluding steroid dienone is 2. The van der Waals surface area contributed by atoms with Gasteiger partial charge >= 0.3 is 5.97 Å². The predicted molar refractivity (Wildman–Crippen MR) is 420 cm³/mol. The van der Waals surface area contributed by atoms with Crippen molar-refractivity contribution in [2.45, 2.75) is 198 Å². The Labute approximate surface area is 696 Å². The Morgan fingerprint density at radius 1 is 0.620 bits per heavy atom. The number of Topliss-reactive ketones (excluding diaryl/α,β-unsaturated/α-hetero) is 6. The van der Waals surface area contributed by atoms with Crippen LogP contribution in [-0.4, -0.2) is 270 Å². The zero-order valence-electron chi connectivity index (χ0n) is 68.0. The highest BCUT2D eigenvalue weighted by atomic mass is 32.2. The fourth-order valence-electron chi connectivity index (χ4n) is 15.0. The van der Waals surface area contributed by atoms with Crippen molar-refractivity contribution in [2.75, 3.05) is 63.7 Å². The Balaban J connectivity index is 1.20. The van der Waals surface area contributed by atoms with E-state index in [1.807, 2.05) is 0 Å². The summed E-state index contributed by atoms with van der Waals surface area (Å²) in [5, 5.41) is 51.9. The largest absolute Gasteiger partial charge is 0.424 e. The molecule has 1 aliphatic carbocycles. The van der Waals surface area contributed by atoms with Crippen molar-refractivity contribution in [3.8, 4) is 5.75 Å². The van der Waals surface area contributed by atoms with Gasteiger partial charge in [0.15, 0.2) is 46.2 Å². The summed E-state index contributed by atoms with van der Waals surface area (Å²) in [7, 11) is -2.73. The second-order valence-corrected chi connectivity index (χ2v) is 32.8. The van der Waals surface area contributed by atoms with E-state index in [0.29, 0.717) is 4.90 Å². The van der Waals surface area contributed by atoms with Crippen molar-refractivity contribution in [2.24, 2.45) is 53.1 Å². The second-order valence-electron chi connectivity index (χ2n) is 31.4. The van der Waals surface area contributed by atoms with Crippen molar-refractivity contribution in [3.05, 3.63) is 42.0 Å². The molecule has 0 saturated carbocycles. The van der Waals surface area contributed by atoms with E-state index >= 15 is 18.6 Å². The molecule has 14 N–H and O–H groups in total. The Bertz CT molecular complexity index is 4500. The molecule has 0 spiro atoms. The molecule has 17 atom stereocenters. The number of aromatic amines is 1. The SMILES string of the molecule is CC[C@H](C)[C@H]1NC(=O)CNC(=O)[C@H]2CC(=O)[C@H](C(C)[C@@H](O)CO)NC(=O)[C@@H]3C[C@@H](O)CN3C(=O)[C@H](CC(N)=O)CC(=O)[C@H](CS(=O)c3[nH]c4cc5c(cc4c3C2)NC(=O)C(C)CC(=O)C(C)NC(=O)CCOCCCC(=O)C(C2C(=O)C=CC2=O)C(N2C(=O)C=CC2=O)C(=O)CCCOCCC(=O)NC(C)C(=O)CC(C)C(=O)O5)NC(=O)CNC1=O. The molecule has 12 amide bonds. The lowest BCUT2D eigenvalue weighted by atomic mass is 9.76. The van der Waals surface area contributed by atoms with Crippen molar-refractivity contribution in [1.82, 2.24) is 52.0 Å². The monoisotopic (exact) mass is 1710 g/mol. The first kappa shape index (κ1) is 95.3. The Kier molecular flexibility index (Phi) is 34.2. The number of benzene rings is 1. The molecule has 2 aromatic rings. The molecule has 658 valence electrons. The number of amides is 12. The van der Waals surface area contributed by atoms with Gasteiger partial charge in [0.05, 0.1) is 121 Å². The lowest BCUT2D eigenvalue weighted by Gasteiger charge is -2.33. The fourth-order valence-corrected chi connectivity index (χ4v) is 16.4. The van der Waals surface area contributed by atoms with Gasteiger partial charge in [-0.05, 0) is 62.8 Å². The van der Waals surface area contributed by atoms with Crippen molar-refractivity contribution < 1.29 is 134 Å². The quantitative estimate of drug-likeness (QED) is 0.0498. The summed E-state index contributed by atoms with van der Waals surface area (Å²) in [4.78, 5) is 300. The number of esters is 1. The number of hydrogen-bond acceptors (Lipinski definition) is 28. The average Bonchev–Trinajstić information content (AvgIpc) is 1.62. The van der Waals surface area contributed by atoms with Crippen LogP contribution < -0.4 is 53.0 Å². The predicted octanol–water partition coefficient (Wildman–Crippen LogP) is -3.64. The van der Waals surface area contributed by atoms with E-state index < -0.39 is 342 Å². The number of nitrogens with one attached hydrogen (secondary N) is 9. The Hall–Kier alpha value is -11.1. The summed E-state index contributed by atoms with van der Waals surface area (Å²) in [5.41, 5.74) is 4.87. The Morgan fingerprint density at radius 2 is 1.20 bits per heavy atom. The minimum Gasteiger partial charge on any atom is -0.424 e. The van der Waals surface area contributed by atoms with Crippen LogP contribution in [0.25, 0.3) is 10.9 Å². The number of ether oxygens (including phenoxy) is 3. The van der Waals surface area contributed by atoms with Gasteiger partial charge in [-0.3, -0.25) is 110 Å². The summed E-state index contributed by atoms with van der Waals surface area (Å²) in [6, 6.07) is -9.16. The number of hydrogen-bond donors (Lipinski definition) is 13. The van der Waals surface area contributed by atoms with Gasteiger partial charge in [-0.25, -0.2) is 0 Å². The first-order chi connectivity index (χ1) is 57.2. The molecule has 8 rings (SSSR count). The number of imide groups is 1. The van der Waals surface area contributed by atoms with E-state index in [-0.39, 0.29) is 75.0 Å². The molecule has 2 bridgehead atoms. The highest BCUT2D eigenvalue weighted by Crippen LogP contribution is 2.39. The molecule has 1 fully saturated rings. The minimum absolute atomic E-state index is 0.125. The molecule has 40 nitrogen and oxygen atoms in total. The summed E-state index contributed by atoms with van der Waals surface area (Å²) in [5.74, 6) is -33.6. The van der Waals surface area contributed by atoms with Gasteiger partial charge in [-0.2, -0.15) is 0 Å². The van der Waals surface area contributed by atoms with Gasteiger partial charge in [-0.15, -0.1) is 0 Å². The molecule has 1 aromatic carbocycles. The van der Waals surface area contributed by atoms with Crippen molar-refractivity contribution >= 4 is 151 Å². The number of ketones is 8. The number of rotatable bonds is 9. The van der Waals surface area contributed by atoms with Crippen LogP contribution in [0.5, 0.6) is 5.75 Å². The number of nitrogens with zero attached hydrogens (tertiary/aromatic N) is 2. The van der Waals surface area contributed by atoms with Crippen LogP contribution in [0.15, 0.2) is 41.5 Å². The van der Waals surface area contributed by atoms with Gasteiger partial charge in [0, 0.05) is 125 Å². The number of anilines is 1. The van der Waals surface area contributed by atoms with Gasteiger partial charge in [0.25, 0.3) is 11.8 Å². The molecule has 0 radical (unpaired) electrons. The summed E-state index contributed by atoms with van der Waals surface area (Å²) in [6.45, 7) is 5.26. The van der Waals surface area contributed by atoms with Gasteiger partial charge in [0.2, 0.25) is 59.1 Å². The number of aliphatic hydroxyl groups is 3. The standard InChI is InChI=1S/C80H104N12O28S/c1-8-37(2)71-77(114)83-32-65(107)86-50-36-121(117)78-47(25-43(75(112)82-33-66(108)89-71)26-59(102)72(40(5)60(103)35-93)90-76(113)51-29-45(94)34-91(51)79(115)44(27-58(50)101)28-62(81)104)46-30-49-61(31-48(46)88-78)120-80(116)39(4)24-57(100)42(7)85-64(106)18-22-119-20-10-12-55(98)73(92-67(109)15-16-68(92)110)70(69-53(96)13-14-54(69)97)52(95)11-9-19-118-21-17-63(105)84-41(6)56(99)23-38(3)74(111)87-49/h13-16,30-31,37-45,50-51,60,69-73,88,93-94,103H,8-12,17-29,32-36H2,1-7H3,(H2,81,104)(H,82,112)(H,83,114)(H,84,105)(H,85,106)(H,86,107)(H,87,111)(H,89,108)(H,90,113)/t37-,38?,39?,40?,41?,42?,43+,44-,45+,50-,51-,60-,70?,71+,72-,73?,121?/m0/s1. The molecule has 1 saturated heterocycles. The van der Waals surface area contributed by atoms with Crippen molar-refractivity contribution in [1.29, 1.82) is 0 Å². The first-order valence-corrected chi connectivity index (χ1v) is 41.4. The van der Waals surface area contributed by atoms with Gasteiger partial charge in [0.1, 0.15) is 28.9 Å². The van der Waals surface area contributed by atoms with Crippen LogP contribution in [0.2, 0.25) is 0 Å². The molecule has 6 aliphatic rings. The first-order valence-electron chi connectivity index (χ1n) is 40.0. The van der Waals surface area contributed by atoms with E-state index in [2.05, 4.69) is 47.5 Å². The number of aromatic nitrogens is 1. The Morgan fingerprint density at radius 3 is 1.79 bits per heavy atom. The molecule has 5 aliphatic heterocycles. The van der Waals surface area contributed by atoms with Crippen LogP contribution in [0.1, 0.15) is 138 Å². The topological polar surface area (TPSA) is 608 Å². The van der Waals surface area contributed by atoms with E-state index in [1.54, 1.807) is 13.8 Å². The number of nitrogens with two attached hydrogens (primary N) is 1. The number of primary amides is 1.